The molecule has 78 valence electrons. The summed E-state index contributed by atoms with van der Waals surface area (Å²) in [5, 5.41) is 0. The van der Waals surface area contributed by atoms with E-state index in [0.29, 0.717) is 0 Å². The second-order valence-corrected chi connectivity index (χ2v) is 4.53. The maximum atomic E-state index is 12.5. The van der Waals surface area contributed by atoms with Crippen LogP contribution in [-0.2, 0) is 10.3 Å². The van der Waals surface area contributed by atoms with Crippen molar-refractivity contribution in [2.45, 2.75) is 0 Å². The molecule has 4 nitrogen and oxygen atoms in total. The Labute approximate surface area is 82.2 Å². The summed E-state index contributed by atoms with van der Waals surface area (Å²) in [6.07, 6.45) is 0. The molecule has 0 N–H and O–H groups in total. The Bertz CT molecular complexity index is 399. The fourth-order valence-electron chi connectivity index (χ4n) is 0.686. The summed E-state index contributed by atoms with van der Waals surface area (Å²) in [4.78, 5) is 0. The Hall–Kier alpha value is -1.14. The lowest BCUT2D eigenvalue weighted by Gasteiger charge is -2.11. The molecule has 0 bridgehead atoms. The van der Waals surface area contributed by atoms with Crippen molar-refractivity contribution in [3.05, 3.63) is 30.1 Å². The normalized spacial score (nSPS) is 11.7. The molecular weight excluding hydrogens is 209 g/mol. The fourth-order valence-corrected chi connectivity index (χ4v) is 1.19. The first-order chi connectivity index (χ1) is 6.42. The summed E-state index contributed by atoms with van der Waals surface area (Å²) >= 11 is 0. The van der Waals surface area contributed by atoms with Gasteiger partial charge < -0.3 is 4.18 Å². The van der Waals surface area contributed by atoms with Crippen molar-refractivity contribution in [1.82, 2.24) is 4.31 Å². The number of rotatable bonds is 3. The Morgan fingerprint density at radius 2 is 1.71 bits per heavy atom. The van der Waals surface area contributed by atoms with E-state index in [9.17, 15) is 12.8 Å². The lowest BCUT2D eigenvalue weighted by molar-refractivity contribution is 0.421. The molecule has 0 radical (unpaired) electrons. The minimum absolute atomic E-state index is 0.0834. The van der Waals surface area contributed by atoms with E-state index in [-0.39, 0.29) is 5.75 Å². The van der Waals surface area contributed by atoms with Gasteiger partial charge in [-0.25, -0.2) is 4.39 Å². The summed E-state index contributed by atoms with van der Waals surface area (Å²) < 4.78 is 40.4. The third kappa shape index (κ3) is 2.68. The first-order valence-corrected chi connectivity index (χ1v) is 5.16. The third-order valence-electron chi connectivity index (χ3n) is 1.46. The van der Waals surface area contributed by atoms with E-state index in [1.807, 2.05) is 0 Å². The van der Waals surface area contributed by atoms with Crippen LogP contribution in [0.3, 0.4) is 0 Å². The Morgan fingerprint density at radius 3 is 2.14 bits per heavy atom. The van der Waals surface area contributed by atoms with Crippen molar-refractivity contribution in [3.63, 3.8) is 0 Å². The maximum Gasteiger partial charge on any atom is 0.384 e. The average Bonchev–Trinajstić information content (AvgIpc) is 2.08. The maximum absolute atomic E-state index is 12.5. The predicted molar refractivity (Wildman–Crippen MR) is 49.6 cm³/mol. The van der Waals surface area contributed by atoms with E-state index in [2.05, 4.69) is 4.18 Å². The fraction of sp³-hybridized carbons (Fsp3) is 0.250. The molecule has 14 heavy (non-hydrogen) atoms. The van der Waals surface area contributed by atoms with Crippen LogP contribution in [0.1, 0.15) is 0 Å². The van der Waals surface area contributed by atoms with Gasteiger partial charge in [-0.1, -0.05) is 0 Å². The topological polar surface area (TPSA) is 46.6 Å². The molecule has 1 aromatic carbocycles. The molecule has 0 heterocycles. The third-order valence-corrected chi connectivity index (χ3v) is 2.76. The lowest BCUT2D eigenvalue weighted by Crippen LogP contribution is -2.26. The van der Waals surface area contributed by atoms with Crippen LogP contribution in [0.2, 0.25) is 0 Å². The van der Waals surface area contributed by atoms with Crippen LogP contribution in [0.4, 0.5) is 4.39 Å². The molecule has 0 aromatic heterocycles. The van der Waals surface area contributed by atoms with Gasteiger partial charge >= 0.3 is 10.3 Å². The van der Waals surface area contributed by atoms with Gasteiger partial charge in [-0.05, 0) is 24.3 Å². The Morgan fingerprint density at radius 1 is 1.21 bits per heavy atom. The summed E-state index contributed by atoms with van der Waals surface area (Å²) in [5.74, 6) is -0.361. The van der Waals surface area contributed by atoms with Crippen LogP contribution in [0.25, 0.3) is 0 Å². The molecule has 0 aliphatic carbocycles. The van der Waals surface area contributed by atoms with Gasteiger partial charge in [0.25, 0.3) is 0 Å². The molecule has 0 saturated heterocycles. The highest BCUT2D eigenvalue weighted by Crippen LogP contribution is 2.14. The zero-order valence-corrected chi connectivity index (χ0v) is 8.58. The van der Waals surface area contributed by atoms with Crippen molar-refractivity contribution in [3.8, 4) is 5.75 Å². The second kappa shape index (κ2) is 3.93. The highest BCUT2D eigenvalue weighted by atomic mass is 32.2. The number of benzene rings is 1. The highest BCUT2D eigenvalue weighted by molar-refractivity contribution is 7.84. The van der Waals surface area contributed by atoms with Gasteiger partial charge in [0.2, 0.25) is 0 Å². The van der Waals surface area contributed by atoms with Crippen LogP contribution in [0.5, 0.6) is 5.75 Å². The Kier molecular flexibility index (Phi) is 3.07. The van der Waals surface area contributed by atoms with Crippen LogP contribution < -0.4 is 4.18 Å². The monoisotopic (exact) mass is 219 g/mol. The van der Waals surface area contributed by atoms with Gasteiger partial charge in [-0.2, -0.15) is 12.7 Å². The molecule has 1 rings (SSSR count). The minimum atomic E-state index is -3.75. The molecule has 0 aliphatic heterocycles. The molecule has 1 aromatic rings. The predicted octanol–water partition coefficient (Wildman–Crippen LogP) is 1.01. The van der Waals surface area contributed by atoms with Gasteiger partial charge in [0.05, 0.1) is 0 Å². The standard InChI is InChI=1S/C8H10FNO3S/c1-10(2)14(11,12)13-8-5-3-7(9)4-6-8/h3-6H,1-2H3. The first-order valence-electron chi connectivity index (χ1n) is 3.79. The molecular formula is C8H10FNO3S. The molecule has 0 spiro atoms. The lowest BCUT2D eigenvalue weighted by atomic mass is 10.3. The van der Waals surface area contributed by atoms with Gasteiger partial charge in [0, 0.05) is 14.1 Å². The average molecular weight is 219 g/mol. The number of hydrogen-bond acceptors (Lipinski definition) is 3. The van der Waals surface area contributed by atoms with Gasteiger partial charge in [0.15, 0.2) is 0 Å². The molecule has 0 atom stereocenters. The number of nitrogens with zero attached hydrogens (tertiary/aromatic N) is 1. The van der Waals surface area contributed by atoms with Gasteiger partial charge in [-0.3, -0.25) is 0 Å². The molecule has 0 aliphatic rings. The zero-order chi connectivity index (χ0) is 10.8. The quantitative estimate of drug-likeness (QED) is 0.762. The van der Waals surface area contributed by atoms with E-state index in [0.717, 1.165) is 16.4 Å². The Balaban J connectivity index is 2.85. The number of hydrogen-bond donors (Lipinski definition) is 0. The van der Waals surface area contributed by atoms with Gasteiger partial charge in [-0.15, -0.1) is 0 Å². The number of halogens is 1. The summed E-state index contributed by atoms with van der Waals surface area (Å²) in [6, 6.07) is 4.74. The highest BCUT2D eigenvalue weighted by Gasteiger charge is 2.15. The zero-order valence-electron chi connectivity index (χ0n) is 7.77. The first kappa shape index (κ1) is 10.9. The van der Waals surface area contributed by atoms with Crippen molar-refractivity contribution in [2.75, 3.05) is 14.1 Å². The van der Waals surface area contributed by atoms with Gasteiger partial charge in [0.1, 0.15) is 11.6 Å². The summed E-state index contributed by atoms with van der Waals surface area (Å²) in [5.41, 5.74) is 0. The van der Waals surface area contributed by atoms with Crippen LogP contribution in [-0.4, -0.2) is 26.8 Å². The molecule has 0 saturated carbocycles. The molecule has 0 amide bonds. The van der Waals surface area contributed by atoms with E-state index in [4.69, 9.17) is 0 Å². The van der Waals surface area contributed by atoms with E-state index >= 15 is 0 Å². The molecule has 0 fully saturated rings. The van der Waals surface area contributed by atoms with E-state index in [1.165, 1.54) is 26.2 Å². The van der Waals surface area contributed by atoms with Crippen molar-refractivity contribution in [2.24, 2.45) is 0 Å². The summed E-state index contributed by atoms with van der Waals surface area (Å²) in [6.45, 7) is 0. The second-order valence-electron chi connectivity index (χ2n) is 2.78. The van der Waals surface area contributed by atoms with Crippen LogP contribution in [0, 0.1) is 5.82 Å². The largest absolute Gasteiger partial charge is 0.384 e. The van der Waals surface area contributed by atoms with Crippen LogP contribution in [0.15, 0.2) is 24.3 Å². The van der Waals surface area contributed by atoms with Crippen molar-refractivity contribution in [1.29, 1.82) is 0 Å². The van der Waals surface area contributed by atoms with E-state index < -0.39 is 16.1 Å². The smallest absolute Gasteiger partial charge is 0.371 e. The minimum Gasteiger partial charge on any atom is -0.371 e. The SMILES string of the molecule is CN(C)S(=O)(=O)Oc1ccc(F)cc1. The van der Waals surface area contributed by atoms with Crippen LogP contribution >= 0.6 is 0 Å². The van der Waals surface area contributed by atoms with Crippen molar-refractivity contribution < 1.29 is 17.0 Å². The summed E-state index contributed by atoms with van der Waals surface area (Å²) in [7, 11) is -1.06. The van der Waals surface area contributed by atoms with E-state index in [1.54, 1.807) is 0 Å². The van der Waals surface area contributed by atoms with Crippen molar-refractivity contribution >= 4 is 10.3 Å². The molecule has 0 unspecified atom stereocenters. The molecule has 6 heteroatoms.